The van der Waals surface area contributed by atoms with Crippen LogP contribution in [0.1, 0.15) is 48.0 Å². The fourth-order valence-corrected chi connectivity index (χ4v) is 4.91. The van der Waals surface area contributed by atoms with E-state index in [4.69, 9.17) is 9.16 Å². The zero-order valence-electron chi connectivity index (χ0n) is 17.8. The number of amides is 3. The fourth-order valence-electron chi connectivity index (χ4n) is 3.48. The quantitative estimate of drug-likeness (QED) is 0.549. The second-order valence-corrected chi connectivity index (χ2v) is 14.0. The van der Waals surface area contributed by atoms with Crippen LogP contribution in [0.4, 0.5) is 4.79 Å². The molecule has 0 aromatic rings. The Hall–Kier alpha value is -1.41. The third-order valence-electron chi connectivity index (χ3n) is 6.39. The molecule has 5 atom stereocenters. The van der Waals surface area contributed by atoms with Gasteiger partial charge in [0, 0.05) is 0 Å². The normalized spacial score (nSPS) is 28.3. The third-order valence-corrected chi connectivity index (χ3v) is 11.0. The summed E-state index contributed by atoms with van der Waals surface area (Å²) in [6, 6.07) is -0.571. The van der Waals surface area contributed by atoms with Crippen molar-refractivity contribution in [2.45, 2.75) is 84.3 Å². The van der Waals surface area contributed by atoms with Gasteiger partial charge in [0.1, 0.15) is 6.61 Å². The van der Waals surface area contributed by atoms with Crippen LogP contribution in [0.15, 0.2) is 0 Å². The van der Waals surface area contributed by atoms with Crippen molar-refractivity contribution in [1.82, 2.24) is 10.2 Å². The van der Waals surface area contributed by atoms with Crippen LogP contribution in [0.25, 0.3) is 0 Å². The van der Waals surface area contributed by atoms with E-state index in [9.17, 15) is 14.4 Å². The predicted molar refractivity (Wildman–Crippen MR) is 105 cm³/mol. The Kier molecular flexibility index (Phi) is 6.11. The second kappa shape index (κ2) is 7.54. The summed E-state index contributed by atoms with van der Waals surface area (Å²) in [4.78, 5) is 38.4. The summed E-state index contributed by atoms with van der Waals surface area (Å²) in [7, 11) is -2.04. The van der Waals surface area contributed by atoms with E-state index in [1.165, 1.54) is 4.90 Å². The van der Waals surface area contributed by atoms with E-state index < -0.39 is 26.2 Å². The second-order valence-electron chi connectivity index (χ2n) is 9.28. The van der Waals surface area contributed by atoms with E-state index in [0.29, 0.717) is 6.42 Å². The summed E-state index contributed by atoms with van der Waals surface area (Å²) < 4.78 is 11.4. The van der Waals surface area contributed by atoms with E-state index >= 15 is 0 Å². The van der Waals surface area contributed by atoms with Gasteiger partial charge in [0.15, 0.2) is 8.32 Å². The molecule has 2 rings (SSSR count). The highest BCUT2D eigenvalue weighted by atomic mass is 28.4. The lowest BCUT2D eigenvalue weighted by Gasteiger charge is -2.47. The van der Waals surface area contributed by atoms with Crippen molar-refractivity contribution in [2.75, 3.05) is 6.61 Å². The number of cyclic esters (lactones) is 1. The van der Waals surface area contributed by atoms with Crippen molar-refractivity contribution < 1.29 is 23.5 Å². The minimum Gasteiger partial charge on any atom is -0.447 e. The zero-order chi connectivity index (χ0) is 20.7. The van der Waals surface area contributed by atoms with Crippen molar-refractivity contribution in [1.29, 1.82) is 0 Å². The van der Waals surface area contributed by atoms with Crippen LogP contribution in [-0.2, 0) is 18.8 Å². The monoisotopic (exact) mass is 398 g/mol. The van der Waals surface area contributed by atoms with Gasteiger partial charge in [0.05, 0.1) is 30.0 Å². The molecule has 0 bridgehead atoms. The molecule has 2 heterocycles. The van der Waals surface area contributed by atoms with Crippen LogP contribution >= 0.6 is 0 Å². The molecule has 0 saturated carbocycles. The standard InChI is InChI=1S/C19H34N2O5Si/c1-9-13-10-25-18(24)21(13)17(23)11(2)15-14(16(22)20-15)12(3)26-27(7,8)19(4,5)6/h11-15H,9-10H2,1-8H3,(H,20,22)/t11-,12-,13+,14-,15-/m1/s1. The van der Waals surface area contributed by atoms with Gasteiger partial charge >= 0.3 is 6.09 Å². The Morgan fingerprint density at radius 2 is 1.93 bits per heavy atom. The van der Waals surface area contributed by atoms with Gasteiger partial charge < -0.3 is 14.5 Å². The molecule has 27 heavy (non-hydrogen) atoms. The van der Waals surface area contributed by atoms with Gasteiger partial charge in [0.25, 0.3) is 0 Å². The number of β-lactam (4-membered cyclic amide) rings is 1. The Balaban J connectivity index is 2.11. The van der Waals surface area contributed by atoms with Crippen molar-refractivity contribution in [3.63, 3.8) is 0 Å². The van der Waals surface area contributed by atoms with Crippen molar-refractivity contribution in [3.8, 4) is 0 Å². The summed E-state index contributed by atoms with van der Waals surface area (Å²) in [6.07, 6.45) is -0.228. The van der Waals surface area contributed by atoms with Gasteiger partial charge in [-0.05, 0) is 31.5 Å². The number of ether oxygens (including phenoxy) is 1. The van der Waals surface area contributed by atoms with Gasteiger partial charge in [-0.15, -0.1) is 0 Å². The molecule has 0 aromatic carbocycles. The Morgan fingerprint density at radius 1 is 1.33 bits per heavy atom. The van der Waals surface area contributed by atoms with Gasteiger partial charge in [-0.1, -0.05) is 34.6 Å². The third kappa shape index (κ3) is 4.06. The minimum absolute atomic E-state index is 0.0338. The summed E-state index contributed by atoms with van der Waals surface area (Å²) in [5, 5.41) is 2.88. The SMILES string of the molecule is CC[C@H]1COC(=O)N1C(=O)[C@H](C)[C@H]1NC(=O)[C@@H]1[C@@H](C)O[Si](C)(C)C(C)(C)C. The van der Waals surface area contributed by atoms with E-state index in [1.54, 1.807) is 6.92 Å². The first-order valence-corrected chi connectivity index (χ1v) is 12.7. The highest BCUT2D eigenvalue weighted by Gasteiger charge is 2.52. The van der Waals surface area contributed by atoms with E-state index in [2.05, 4.69) is 39.2 Å². The van der Waals surface area contributed by atoms with Gasteiger partial charge in [-0.3, -0.25) is 9.59 Å². The van der Waals surface area contributed by atoms with Crippen LogP contribution in [0.5, 0.6) is 0 Å². The molecular weight excluding hydrogens is 364 g/mol. The maximum absolute atomic E-state index is 12.9. The van der Waals surface area contributed by atoms with Crippen molar-refractivity contribution >= 4 is 26.2 Å². The minimum atomic E-state index is -2.04. The highest BCUT2D eigenvalue weighted by molar-refractivity contribution is 6.74. The summed E-state index contributed by atoms with van der Waals surface area (Å²) >= 11 is 0. The maximum Gasteiger partial charge on any atom is 0.416 e. The van der Waals surface area contributed by atoms with Crippen LogP contribution in [0, 0.1) is 11.8 Å². The fraction of sp³-hybridized carbons (Fsp3) is 0.842. The van der Waals surface area contributed by atoms with Gasteiger partial charge in [-0.2, -0.15) is 0 Å². The molecule has 3 amide bonds. The molecule has 8 heteroatoms. The molecular formula is C19H34N2O5Si. The zero-order valence-corrected chi connectivity index (χ0v) is 18.8. The Labute approximate surface area is 163 Å². The maximum atomic E-state index is 12.9. The number of hydrogen-bond acceptors (Lipinski definition) is 5. The number of hydrogen-bond donors (Lipinski definition) is 1. The molecule has 0 unspecified atom stereocenters. The van der Waals surface area contributed by atoms with Crippen LogP contribution in [0.2, 0.25) is 18.1 Å². The molecule has 0 spiro atoms. The first kappa shape index (κ1) is 21.9. The topological polar surface area (TPSA) is 84.9 Å². The van der Waals surface area contributed by atoms with Crippen LogP contribution in [0.3, 0.4) is 0 Å². The molecule has 2 aliphatic rings. The largest absolute Gasteiger partial charge is 0.447 e. The molecule has 1 N–H and O–H groups in total. The first-order chi connectivity index (χ1) is 12.3. The molecule has 0 aromatic heterocycles. The van der Waals surface area contributed by atoms with Crippen LogP contribution in [-0.4, -0.2) is 55.9 Å². The average Bonchev–Trinajstić information content (AvgIpc) is 2.90. The number of nitrogens with one attached hydrogen (secondary N) is 1. The number of carbonyl (C=O) groups excluding carboxylic acids is 3. The number of imide groups is 1. The average molecular weight is 399 g/mol. The van der Waals surface area contributed by atoms with E-state index in [1.807, 2.05) is 13.8 Å². The Bertz CT molecular complexity index is 616. The molecule has 154 valence electrons. The molecule has 0 aliphatic carbocycles. The lowest BCUT2D eigenvalue weighted by molar-refractivity contribution is -0.147. The van der Waals surface area contributed by atoms with Crippen molar-refractivity contribution in [3.05, 3.63) is 0 Å². The number of carbonyl (C=O) groups is 3. The van der Waals surface area contributed by atoms with Gasteiger partial charge in [0.2, 0.25) is 11.8 Å². The number of nitrogens with zero attached hydrogens (tertiary/aromatic N) is 1. The lowest BCUT2D eigenvalue weighted by Crippen LogP contribution is -2.67. The van der Waals surface area contributed by atoms with E-state index in [0.717, 1.165) is 0 Å². The molecule has 2 fully saturated rings. The molecule has 0 radical (unpaired) electrons. The van der Waals surface area contributed by atoms with E-state index in [-0.39, 0.29) is 41.6 Å². The van der Waals surface area contributed by atoms with Gasteiger partial charge in [-0.25, -0.2) is 9.69 Å². The van der Waals surface area contributed by atoms with Crippen LogP contribution < -0.4 is 5.32 Å². The summed E-state index contributed by atoms with van der Waals surface area (Å²) in [5.41, 5.74) is 0. The van der Waals surface area contributed by atoms with Crippen molar-refractivity contribution in [2.24, 2.45) is 11.8 Å². The smallest absolute Gasteiger partial charge is 0.416 e. The highest BCUT2D eigenvalue weighted by Crippen LogP contribution is 2.39. The summed E-state index contributed by atoms with van der Waals surface area (Å²) in [6.45, 7) is 16.6. The number of rotatable bonds is 6. The Morgan fingerprint density at radius 3 is 2.41 bits per heavy atom. The first-order valence-electron chi connectivity index (χ1n) is 9.79. The predicted octanol–water partition coefficient (Wildman–Crippen LogP) is 2.90. The summed E-state index contributed by atoms with van der Waals surface area (Å²) in [5.74, 6) is -1.30. The lowest BCUT2D eigenvalue weighted by atomic mass is 9.78. The molecule has 2 saturated heterocycles. The molecule has 7 nitrogen and oxygen atoms in total. The molecule has 2 aliphatic heterocycles.